The third-order valence-corrected chi connectivity index (χ3v) is 8.20. The molecule has 0 unspecified atom stereocenters. The van der Waals surface area contributed by atoms with E-state index in [-0.39, 0.29) is 12.2 Å². The second kappa shape index (κ2) is 15.5. The van der Waals surface area contributed by atoms with E-state index in [0.29, 0.717) is 0 Å². The van der Waals surface area contributed by atoms with Gasteiger partial charge in [-0.15, -0.1) is 0 Å². The molecule has 0 aliphatic carbocycles. The maximum absolute atomic E-state index is 15.5. The maximum atomic E-state index is 15.5. The fourth-order valence-electron chi connectivity index (χ4n) is 4.39. The molecule has 0 atom stereocenters. The zero-order valence-corrected chi connectivity index (χ0v) is 29.1. The number of hydrogen-bond acceptors (Lipinski definition) is 3. The predicted molar refractivity (Wildman–Crippen MR) is 139 cm³/mol. The normalized spacial score (nSPS) is 15.9. The summed E-state index contributed by atoms with van der Waals surface area (Å²) in [5, 5.41) is 18.9. The van der Waals surface area contributed by atoms with Gasteiger partial charge in [0.2, 0.25) is 0 Å². The van der Waals surface area contributed by atoms with Crippen molar-refractivity contribution >= 4 is 24.2 Å². The van der Waals surface area contributed by atoms with Crippen LogP contribution in [0.15, 0.2) is 24.3 Å². The summed E-state index contributed by atoms with van der Waals surface area (Å²) < 4.78 is 472. The van der Waals surface area contributed by atoms with Gasteiger partial charge in [0.25, 0.3) is 5.91 Å². The molecule has 0 spiro atoms. The number of benzene rings is 1. The Morgan fingerprint density at radius 1 is 0.431 bits per heavy atom. The lowest BCUT2D eigenvalue weighted by Gasteiger charge is -2.43. The standard InChI is InChI=1S/C26H10BF34NO3/c1-5(2)10(63)62-8-4-6(11(28,29)13(32,33)15(36,37)17(40,41)19(44,45)21(48,49)23(52,53)25(56,57)58)3-7(27(64)65)9(8)12(30,31)14(34,35)16(38,39)18(42,43)20(46,47)22(50,51)24(54,55)26(59,60)61/h3-4,64-65H,1H2,2H3,(H,62,63). The average molecular weight is 1040 g/mol. The van der Waals surface area contributed by atoms with E-state index >= 15 is 17.6 Å². The summed E-state index contributed by atoms with van der Waals surface area (Å²) in [5.41, 5.74) is -17.0. The van der Waals surface area contributed by atoms with Gasteiger partial charge in [-0.2, -0.15) is 149 Å². The van der Waals surface area contributed by atoms with Crippen molar-refractivity contribution in [3.8, 4) is 0 Å². The molecular weight excluding hydrogens is 1030 g/mol. The SMILES string of the molecule is C=C(C)C(=O)Nc1cc(C(F)(F)C(F)(F)C(F)(F)C(F)(F)C(F)(F)C(F)(F)C(F)(F)C(F)(F)F)cc(B(O)O)c1C(F)(F)C(F)(F)C(F)(F)C(F)(F)C(F)(F)C(F)(F)C(F)(F)C(F)(F)F. The number of rotatable bonds is 17. The molecule has 0 radical (unpaired) electrons. The van der Waals surface area contributed by atoms with E-state index < -0.39 is 148 Å². The van der Waals surface area contributed by atoms with Crippen LogP contribution in [0.2, 0.25) is 0 Å². The van der Waals surface area contributed by atoms with Crippen LogP contribution in [0.1, 0.15) is 18.1 Å². The minimum absolute atomic E-state index is 0.171. The monoisotopic (exact) mass is 1040 g/mol. The number of amides is 1. The summed E-state index contributed by atoms with van der Waals surface area (Å²) in [7, 11) is -4.85. The van der Waals surface area contributed by atoms with Gasteiger partial charge in [0.15, 0.2) is 0 Å². The minimum atomic E-state index is -9.49. The fraction of sp³-hybridized carbons (Fsp3) is 0.654. The second-order valence-electron chi connectivity index (χ2n) is 12.6. The van der Waals surface area contributed by atoms with Gasteiger partial charge in [-0.05, 0) is 18.5 Å². The van der Waals surface area contributed by atoms with Crippen LogP contribution in [0, 0.1) is 0 Å². The lowest BCUT2D eigenvalue weighted by molar-refractivity contribution is -0.462. The number of carbonyl (C=O) groups is 1. The Morgan fingerprint density at radius 2 is 0.677 bits per heavy atom. The van der Waals surface area contributed by atoms with Crippen LogP contribution in [-0.4, -0.2) is 106 Å². The molecule has 1 aromatic rings. The predicted octanol–water partition coefficient (Wildman–Crippen LogP) is 10.8. The van der Waals surface area contributed by atoms with E-state index in [1.165, 1.54) is 0 Å². The third-order valence-electron chi connectivity index (χ3n) is 8.20. The van der Waals surface area contributed by atoms with Gasteiger partial charge < -0.3 is 15.4 Å². The molecule has 1 amide bonds. The molecule has 0 saturated heterocycles. The highest BCUT2D eigenvalue weighted by atomic mass is 19.4. The van der Waals surface area contributed by atoms with Crippen molar-refractivity contribution in [3.63, 3.8) is 0 Å². The van der Waals surface area contributed by atoms with Gasteiger partial charge in [0.1, 0.15) is 0 Å². The highest BCUT2D eigenvalue weighted by Gasteiger charge is 2.97. The number of hydrogen-bond donors (Lipinski definition) is 3. The fourth-order valence-corrected chi connectivity index (χ4v) is 4.39. The molecule has 0 aromatic heterocycles. The number of alkyl halides is 34. The first-order valence-corrected chi connectivity index (χ1v) is 14.7. The maximum Gasteiger partial charge on any atom is 0.489 e. The van der Waals surface area contributed by atoms with E-state index in [4.69, 9.17) is 0 Å². The lowest BCUT2D eigenvalue weighted by atomic mass is 9.71. The van der Waals surface area contributed by atoms with Crippen LogP contribution in [-0.2, 0) is 16.6 Å². The van der Waals surface area contributed by atoms with E-state index in [9.17, 15) is 147 Å². The van der Waals surface area contributed by atoms with Crippen LogP contribution in [0.5, 0.6) is 0 Å². The van der Waals surface area contributed by atoms with E-state index in [0.717, 1.165) is 0 Å². The van der Waals surface area contributed by atoms with Gasteiger partial charge in [-0.1, -0.05) is 12.6 Å². The summed E-state index contributed by atoms with van der Waals surface area (Å²) in [6.45, 7) is 2.66. The molecule has 1 aromatic carbocycles. The van der Waals surface area contributed by atoms with Crippen molar-refractivity contribution in [2.24, 2.45) is 0 Å². The van der Waals surface area contributed by atoms with E-state index in [1.807, 2.05) is 0 Å². The van der Waals surface area contributed by atoms with E-state index in [1.54, 1.807) is 0 Å². The highest BCUT2D eigenvalue weighted by molar-refractivity contribution is 6.59. The summed E-state index contributed by atoms with van der Waals surface area (Å²) in [5.74, 6) is -129. The Balaban J connectivity index is 4.55. The van der Waals surface area contributed by atoms with Crippen LogP contribution in [0.4, 0.5) is 155 Å². The smallest absolute Gasteiger partial charge is 0.423 e. The van der Waals surface area contributed by atoms with Crippen molar-refractivity contribution in [2.45, 2.75) is 102 Å². The molecule has 378 valence electrons. The summed E-state index contributed by atoms with van der Waals surface area (Å²) >= 11 is 0. The van der Waals surface area contributed by atoms with Crippen LogP contribution in [0.25, 0.3) is 0 Å². The van der Waals surface area contributed by atoms with Crippen molar-refractivity contribution in [1.82, 2.24) is 0 Å². The van der Waals surface area contributed by atoms with Gasteiger partial charge in [0, 0.05) is 11.1 Å². The number of nitrogens with one attached hydrogen (secondary N) is 1. The Bertz CT molecular complexity index is 1980. The first-order chi connectivity index (χ1) is 27.7. The largest absolute Gasteiger partial charge is 0.489 e. The molecular formula is C26H10BF34NO3. The molecule has 0 bridgehead atoms. The number of carbonyl (C=O) groups excluding carboxylic acids is 1. The van der Waals surface area contributed by atoms with Crippen molar-refractivity contribution in [1.29, 1.82) is 0 Å². The van der Waals surface area contributed by atoms with Gasteiger partial charge in [0.05, 0.1) is 11.3 Å². The van der Waals surface area contributed by atoms with Crippen molar-refractivity contribution < 1.29 is 164 Å². The van der Waals surface area contributed by atoms with Crippen LogP contribution < -0.4 is 10.8 Å². The zero-order valence-electron chi connectivity index (χ0n) is 29.1. The highest BCUT2D eigenvalue weighted by Crippen LogP contribution is 2.67. The Hall–Kier alpha value is -3.97. The van der Waals surface area contributed by atoms with Gasteiger partial charge >= 0.3 is 102 Å². The molecule has 0 fully saturated rings. The van der Waals surface area contributed by atoms with Crippen molar-refractivity contribution in [2.75, 3.05) is 5.32 Å². The molecule has 65 heavy (non-hydrogen) atoms. The van der Waals surface area contributed by atoms with E-state index in [2.05, 4.69) is 6.58 Å². The quantitative estimate of drug-likeness (QED) is 0.0827. The Kier molecular flexibility index (Phi) is 14.1. The molecule has 0 heterocycles. The van der Waals surface area contributed by atoms with Crippen LogP contribution >= 0.6 is 0 Å². The van der Waals surface area contributed by atoms with Crippen molar-refractivity contribution in [3.05, 3.63) is 35.4 Å². The summed E-state index contributed by atoms with van der Waals surface area (Å²) in [6, 6.07) is -4.10. The lowest BCUT2D eigenvalue weighted by Crippen LogP contribution is -2.74. The second-order valence-corrected chi connectivity index (χ2v) is 12.6. The average Bonchev–Trinajstić information content (AvgIpc) is 3.08. The zero-order chi connectivity index (χ0) is 53.2. The first-order valence-electron chi connectivity index (χ1n) is 14.7. The molecule has 39 heteroatoms. The first kappa shape index (κ1) is 59.1. The Morgan fingerprint density at radius 3 is 0.923 bits per heavy atom. The van der Waals surface area contributed by atoms with Gasteiger partial charge in [-0.25, -0.2) is 0 Å². The van der Waals surface area contributed by atoms with Crippen LogP contribution in [0.3, 0.4) is 0 Å². The molecule has 1 rings (SSSR count). The molecule has 3 N–H and O–H groups in total. The molecule has 0 saturated carbocycles. The van der Waals surface area contributed by atoms with Gasteiger partial charge in [-0.3, -0.25) is 4.79 Å². The molecule has 0 aliphatic rings. The number of halogens is 34. The molecule has 0 aliphatic heterocycles. The topological polar surface area (TPSA) is 69.6 Å². The molecule has 4 nitrogen and oxygen atoms in total. The summed E-state index contributed by atoms with van der Waals surface area (Å²) in [6.07, 6.45) is -16.5. The number of anilines is 1. The third kappa shape index (κ3) is 7.70. The minimum Gasteiger partial charge on any atom is -0.423 e. The summed E-state index contributed by atoms with van der Waals surface area (Å²) in [4.78, 5) is 12.1. The Labute approximate surface area is 332 Å².